The lowest BCUT2D eigenvalue weighted by atomic mass is 10.0. The molecule has 0 spiro atoms. The van der Waals surface area contributed by atoms with Gasteiger partial charge in [-0.1, -0.05) is 6.07 Å². The Bertz CT molecular complexity index is 508. The Morgan fingerprint density at radius 1 is 1.33 bits per heavy atom. The van der Waals surface area contributed by atoms with Gasteiger partial charge in [-0.05, 0) is 37.4 Å². The van der Waals surface area contributed by atoms with Gasteiger partial charge in [-0.2, -0.15) is 0 Å². The second-order valence-corrected chi connectivity index (χ2v) is 5.33. The van der Waals surface area contributed by atoms with Gasteiger partial charge in [0.25, 0.3) is 0 Å². The topological polar surface area (TPSA) is 43.1 Å². The SMILES string of the molecule is CC(C)(N)c1cc2cc(C=O)ccc2s1. The Labute approximate surface area is 92.7 Å². The quantitative estimate of drug-likeness (QED) is 0.789. The van der Waals surface area contributed by atoms with Crippen LogP contribution < -0.4 is 5.73 Å². The maximum absolute atomic E-state index is 10.6. The first kappa shape index (κ1) is 10.3. The summed E-state index contributed by atoms with van der Waals surface area (Å²) in [5, 5.41) is 1.10. The largest absolute Gasteiger partial charge is 0.321 e. The summed E-state index contributed by atoms with van der Waals surface area (Å²) in [7, 11) is 0. The van der Waals surface area contributed by atoms with Gasteiger partial charge in [-0.25, -0.2) is 0 Å². The minimum Gasteiger partial charge on any atom is -0.321 e. The van der Waals surface area contributed by atoms with Gasteiger partial charge in [0.15, 0.2) is 0 Å². The fourth-order valence-electron chi connectivity index (χ4n) is 1.45. The number of fused-ring (bicyclic) bond motifs is 1. The zero-order valence-electron chi connectivity index (χ0n) is 8.78. The number of carbonyl (C=O) groups excluding carboxylic acids is 1. The molecule has 1 aromatic carbocycles. The van der Waals surface area contributed by atoms with Crippen LogP contribution in [0.3, 0.4) is 0 Å². The van der Waals surface area contributed by atoms with Crippen molar-refractivity contribution in [3.63, 3.8) is 0 Å². The molecule has 2 N–H and O–H groups in total. The Balaban J connectivity index is 2.61. The molecule has 2 nitrogen and oxygen atoms in total. The van der Waals surface area contributed by atoms with Crippen LogP contribution in [-0.2, 0) is 5.54 Å². The molecule has 0 radical (unpaired) electrons. The number of hydrogen-bond acceptors (Lipinski definition) is 3. The second-order valence-electron chi connectivity index (χ2n) is 4.25. The average molecular weight is 219 g/mol. The van der Waals surface area contributed by atoms with Crippen LogP contribution in [0, 0.1) is 0 Å². The zero-order chi connectivity index (χ0) is 11.1. The number of thiophene rings is 1. The molecule has 3 heteroatoms. The number of rotatable bonds is 2. The lowest BCUT2D eigenvalue weighted by Gasteiger charge is -2.15. The van der Waals surface area contributed by atoms with E-state index in [4.69, 9.17) is 5.73 Å². The Kier molecular flexibility index (Phi) is 2.37. The molecule has 0 amide bonds. The molecule has 0 aliphatic rings. The van der Waals surface area contributed by atoms with Crippen molar-refractivity contribution in [2.24, 2.45) is 5.73 Å². The number of nitrogens with two attached hydrogens (primary N) is 1. The van der Waals surface area contributed by atoms with E-state index >= 15 is 0 Å². The summed E-state index contributed by atoms with van der Waals surface area (Å²) in [6.45, 7) is 3.97. The number of carbonyl (C=O) groups is 1. The Morgan fingerprint density at radius 3 is 2.67 bits per heavy atom. The average Bonchev–Trinajstić information content (AvgIpc) is 2.59. The Morgan fingerprint density at radius 2 is 2.07 bits per heavy atom. The molecule has 1 aromatic heterocycles. The minimum absolute atomic E-state index is 0.314. The summed E-state index contributed by atoms with van der Waals surface area (Å²) in [6, 6.07) is 7.76. The number of aldehydes is 1. The van der Waals surface area contributed by atoms with Gasteiger partial charge in [0.05, 0.1) is 0 Å². The number of benzene rings is 1. The molecule has 2 rings (SSSR count). The van der Waals surface area contributed by atoms with Gasteiger partial charge in [0, 0.05) is 20.7 Å². The third kappa shape index (κ3) is 1.94. The van der Waals surface area contributed by atoms with E-state index < -0.39 is 0 Å². The van der Waals surface area contributed by atoms with E-state index in [1.54, 1.807) is 11.3 Å². The van der Waals surface area contributed by atoms with E-state index in [9.17, 15) is 4.79 Å². The third-order valence-corrected chi connectivity index (χ3v) is 3.77. The van der Waals surface area contributed by atoms with Crippen molar-refractivity contribution in [2.75, 3.05) is 0 Å². The second kappa shape index (κ2) is 3.43. The van der Waals surface area contributed by atoms with Crippen LogP contribution in [-0.4, -0.2) is 6.29 Å². The summed E-state index contributed by atoms with van der Waals surface area (Å²) in [5.41, 5.74) is 6.43. The van der Waals surface area contributed by atoms with Crippen LogP contribution >= 0.6 is 11.3 Å². The van der Waals surface area contributed by atoms with Gasteiger partial charge in [0.1, 0.15) is 6.29 Å². The van der Waals surface area contributed by atoms with Gasteiger partial charge < -0.3 is 5.73 Å². The minimum atomic E-state index is -0.314. The molecule has 1 heterocycles. The molecule has 0 saturated carbocycles. The highest BCUT2D eigenvalue weighted by atomic mass is 32.1. The standard InChI is InChI=1S/C12H13NOS/c1-12(2,13)11-6-9-5-8(7-14)3-4-10(9)15-11/h3-7H,13H2,1-2H3. The number of hydrogen-bond donors (Lipinski definition) is 1. The zero-order valence-corrected chi connectivity index (χ0v) is 9.60. The first-order valence-corrected chi connectivity index (χ1v) is 5.60. The van der Waals surface area contributed by atoms with Crippen molar-refractivity contribution >= 4 is 27.7 Å². The maximum Gasteiger partial charge on any atom is 0.150 e. The molecule has 0 aliphatic heterocycles. The molecule has 0 aliphatic carbocycles. The first-order chi connectivity index (χ1) is 7.00. The van der Waals surface area contributed by atoms with Crippen LogP contribution in [0.5, 0.6) is 0 Å². The van der Waals surface area contributed by atoms with E-state index in [1.165, 1.54) is 4.70 Å². The van der Waals surface area contributed by atoms with Crippen molar-refractivity contribution in [3.8, 4) is 0 Å². The van der Waals surface area contributed by atoms with Crippen molar-refractivity contribution < 1.29 is 4.79 Å². The summed E-state index contributed by atoms with van der Waals surface area (Å²) < 4.78 is 1.18. The molecule has 0 saturated heterocycles. The molecule has 78 valence electrons. The van der Waals surface area contributed by atoms with Crippen molar-refractivity contribution in [3.05, 3.63) is 34.7 Å². The molecule has 0 unspecified atom stereocenters. The van der Waals surface area contributed by atoms with Gasteiger partial charge in [0.2, 0.25) is 0 Å². The molecule has 2 aromatic rings. The lowest BCUT2D eigenvalue weighted by Crippen LogP contribution is -2.27. The first-order valence-electron chi connectivity index (χ1n) is 4.79. The summed E-state index contributed by atoms with van der Waals surface area (Å²) in [6.07, 6.45) is 0.865. The molecular weight excluding hydrogens is 206 g/mol. The summed E-state index contributed by atoms with van der Waals surface area (Å²) >= 11 is 1.68. The van der Waals surface area contributed by atoms with Crippen molar-refractivity contribution in [1.82, 2.24) is 0 Å². The summed E-state index contributed by atoms with van der Waals surface area (Å²) in [5.74, 6) is 0. The van der Waals surface area contributed by atoms with E-state index in [1.807, 2.05) is 32.0 Å². The normalized spacial score (nSPS) is 11.9. The predicted molar refractivity (Wildman–Crippen MR) is 64.4 cm³/mol. The van der Waals surface area contributed by atoms with E-state index in [2.05, 4.69) is 6.07 Å². The molecule has 0 atom stereocenters. The Hall–Kier alpha value is -1.19. The molecular formula is C12H13NOS. The van der Waals surface area contributed by atoms with Crippen LogP contribution in [0.4, 0.5) is 0 Å². The monoisotopic (exact) mass is 219 g/mol. The van der Waals surface area contributed by atoms with Crippen LogP contribution in [0.25, 0.3) is 10.1 Å². The molecule has 15 heavy (non-hydrogen) atoms. The highest BCUT2D eigenvalue weighted by Crippen LogP contribution is 2.31. The smallest absolute Gasteiger partial charge is 0.150 e. The highest BCUT2D eigenvalue weighted by molar-refractivity contribution is 7.19. The van der Waals surface area contributed by atoms with E-state index in [0.29, 0.717) is 5.56 Å². The fraction of sp³-hybridized carbons (Fsp3) is 0.250. The third-order valence-electron chi connectivity index (χ3n) is 2.31. The maximum atomic E-state index is 10.6. The van der Waals surface area contributed by atoms with Crippen molar-refractivity contribution in [2.45, 2.75) is 19.4 Å². The van der Waals surface area contributed by atoms with Crippen LogP contribution in [0.2, 0.25) is 0 Å². The van der Waals surface area contributed by atoms with E-state index in [-0.39, 0.29) is 5.54 Å². The van der Waals surface area contributed by atoms with Gasteiger partial charge in [-0.15, -0.1) is 11.3 Å². The van der Waals surface area contributed by atoms with Crippen molar-refractivity contribution in [1.29, 1.82) is 0 Å². The van der Waals surface area contributed by atoms with Crippen LogP contribution in [0.15, 0.2) is 24.3 Å². The van der Waals surface area contributed by atoms with Gasteiger partial charge >= 0.3 is 0 Å². The fourth-order valence-corrected chi connectivity index (χ4v) is 2.51. The van der Waals surface area contributed by atoms with E-state index in [0.717, 1.165) is 16.5 Å². The highest BCUT2D eigenvalue weighted by Gasteiger charge is 2.17. The van der Waals surface area contributed by atoms with Gasteiger partial charge in [-0.3, -0.25) is 4.79 Å². The lowest BCUT2D eigenvalue weighted by molar-refractivity contribution is 0.112. The molecule has 0 fully saturated rings. The predicted octanol–water partition coefficient (Wildman–Crippen LogP) is 2.91. The summed E-state index contributed by atoms with van der Waals surface area (Å²) in [4.78, 5) is 11.8. The molecule has 0 bridgehead atoms. The van der Waals surface area contributed by atoms with Crippen LogP contribution in [0.1, 0.15) is 29.1 Å².